The second-order valence-electron chi connectivity index (χ2n) is 11.3. The van der Waals surface area contributed by atoms with E-state index in [2.05, 4.69) is 12.0 Å². The third kappa shape index (κ3) is 3.19. The summed E-state index contributed by atoms with van der Waals surface area (Å²) in [5, 5.41) is 15.1. The Morgan fingerprint density at radius 3 is 2.73 bits per heavy atom. The molecule has 4 aliphatic rings. The molecule has 5 rings (SSSR count). The van der Waals surface area contributed by atoms with Crippen LogP contribution in [0.5, 0.6) is 0 Å². The van der Waals surface area contributed by atoms with Gasteiger partial charge in [-0.3, -0.25) is 9.48 Å². The molecule has 9 atom stereocenters. The Morgan fingerprint density at radius 1 is 1.17 bits per heavy atom. The second-order valence-corrected chi connectivity index (χ2v) is 11.3. The molecule has 1 aromatic rings. The lowest BCUT2D eigenvalue weighted by atomic mass is 9.48. The van der Waals surface area contributed by atoms with Gasteiger partial charge < -0.3 is 9.84 Å². The number of Topliss-reactive ketones (excluding diaryl/α,β-unsaturated/α-hetero) is 1. The van der Waals surface area contributed by atoms with Crippen LogP contribution in [0.4, 0.5) is 0 Å². The minimum atomic E-state index is -0.691. The number of fused-ring (bicyclic) bond motifs is 5. The van der Waals surface area contributed by atoms with Crippen LogP contribution in [0.3, 0.4) is 0 Å². The lowest BCUT2D eigenvalue weighted by Gasteiger charge is -2.58. The summed E-state index contributed by atoms with van der Waals surface area (Å²) in [4.78, 5) is 13.2. The van der Waals surface area contributed by atoms with Crippen LogP contribution >= 0.6 is 0 Å². The van der Waals surface area contributed by atoms with Gasteiger partial charge in [0.15, 0.2) is 5.78 Å². The molecule has 0 bridgehead atoms. The van der Waals surface area contributed by atoms with E-state index in [1.807, 2.05) is 19.2 Å². The fraction of sp³-hybridized carbons (Fsp3) is 0.840. The first-order valence-electron chi connectivity index (χ1n) is 12.1. The molecule has 0 unspecified atom stereocenters. The van der Waals surface area contributed by atoms with Gasteiger partial charge in [0, 0.05) is 25.4 Å². The maximum atomic E-state index is 13.2. The predicted octanol–water partition coefficient (Wildman–Crippen LogP) is 4.10. The summed E-state index contributed by atoms with van der Waals surface area (Å²) in [5.41, 5.74) is -0.539. The third-order valence-electron chi connectivity index (χ3n) is 9.92. The van der Waals surface area contributed by atoms with E-state index in [0.717, 1.165) is 31.1 Å². The van der Waals surface area contributed by atoms with E-state index in [1.165, 1.54) is 32.1 Å². The number of hydrogen-bond acceptors (Lipinski definition) is 4. The summed E-state index contributed by atoms with van der Waals surface area (Å²) in [6, 6.07) is 1.89. The zero-order valence-electron chi connectivity index (χ0n) is 18.8. The first-order valence-corrected chi connectivity index (χ1v) is 12.1. The van der Waals surface area contributed by atoms with E-state index in [4.69, 9.17) is 4.74 Å². The van der Waals surface area contributed by atoms with Gasteiger partial charge in [-0.15, -0.1) is 0 Å². The summed E-state index contributed by atoms with van der Waals surface area (Å²) in [7, 11) is 1.75. The Balaban J connectivity index is 1.33. The largest absolute Gasteiger partial charge is 0.387 e. The highest BCUT2D eigenvalue weighted by atomic mass is 16.5. The molecule has 4 saturated carbocycles. The monoisotopic (exact) mass is 414 g/mol. The number of methoxy groups -OCH3 is 1. The van der Waals surface area contributed by atoms with Crippen molar-refractivity contribution >= 4 is 5.78 Å². The fourth-order valence-electron chi connectivity index (χ4n) is 8.56. The van der Waals surface area contributed by atoms with E-state index in [1.54, 1.807) is 18.0 Å². The van der Waals surface area contributed by atoms with Crippen LogP contribution < -0.4 is 0 Å². The van der Waals surface area contributed by atoms with E-state index in [-0.39, 0.29) is 17.4 Å². The lowest BCUT2D eigenvalue weighted by molar-refractivity contribution is -0.165. The van der Waals surface area contributed by atoms with E-state index in [0.29, 0.717) is 30.1 Å². The van der Waals surface area contributed by atoms with Gasteiger partial charge in [0.2, 0.25) is 0 Å². The maximum Gasteiger partial charge on any atom is 0.157 e. The molecule has 30 heavy (non-hydrogen) atoms. The van der Waals surface area contributed by atoms with Crippen molar-refractivity contribution in [3.05, 3.63) is 18.5 Å². The zero-order chi connectivity index (χ0) is 21.1. The zero-order valence-corrected chi connectivity index (χ0v) is 18.8. The van der Waals surface area contributed by atoms with Crippen molar-refractivity contribution in [2.75, 3.05) is 7.11 Å². The minimum Gasteiger partial charge on any atom is -0.387 e. The van der Waals surface area contributed by atoms with Gasteiger partial charge in [-0.05, 0) is 99.4 Å². The summed E-state index contributed by atoms with van der Waals surface area (Å²) >= 11 is 0. The molecular formula is C25H38N2O3. The first kappa shape index (κ1) is 20.7. The van der Waals surface area contributed by atoms with Gasteiger partial charge in [0.1, 0.15) is 0 Å². The Bertz CT molecular complexity index is 775. The highest BCUT2D eigenvalue weighted by Crippen LogP contribution is 2.64. The van der Waals surface area contributed by atoms with Crippen LogP contribution in [0.15, 0.2) is 18.5 Å². The molecule has 0 radical (unpaired) electrons. The molecular weight excluding hydrogens is 376 g/mol. The van der Waals surface area contributed by atoms with Crippen LogP contribution in [0.2, 0.25) is 0 Å². The molecule has 1 aromatic heterocycles. The molecule has 4 fully saturated rings. The summed E-state index contributed by atoms with van der Waals surface area (Å²) in [6.45, 7) is 4.81. The predicted molar refractivity (Wildman–Crippen MR) is 115 cm³/mol. The number of carbonyl (C=O) groups excluding carboxylic acids is 1. The van der Waals surface area contributed by atoms with Gasteiger partial charge in [-0.25, -0.2) is 0 Å². The molecule has 0 aromatic carbocycles. The van der Waals surface area contributed by atoms with Crippen LogP contribution in [0.25, 0.3) is 0 Å². The SMILES string of the molecule is CO[C@H]1C[C@H]2[C@@H](CC[C@@H]3[C@@H]2CC[C@]2(C)[C@@H](C(=O)Cn4cccn4)CC[C@@H]32)C[C@]1(C)O. The maximum absolute atomic E-state index is 13.2. The molecule has 0 aliphatic heterocycles. The molecule has 5 heteroatoms. The highest BCUT2D eigenvalue weighted by Gasteiger charge is 2.59. The molecule has 1 heterocycles. The molecule has 1 N–H and O–H groups in total. The quantitative estimate of drug-likeness (QED) is 0.806. The van der Waals surface area contributed by atoms with Crippen LogP contribution in [0.1, 0.15) is 65.2 Å². The summed E-state index contributed by atoms with van der Waals surface area (Å²) in [6.07, 6.45) is 12.7. The average molecular weight is 415 g/mol. The van der Waals surface area contributed by atoms with Crippen LogP contribution in [-0.4, -0.2) is 39.5 Å². The number of hydrogen-bond donors (Lipinski definition) is 1. The fourth-order valence-corrected chi connectivity index (χ4v) is 8.56. The normalized spacial score (nSPS) is 47.9. The molecule has 4 aliphatic carbocycles. The van der Waals surface area contributed by atoms with E-state index >= 15 is 0 Å². The summed E-state index contributed by atoms with van der Waals surface area (Å²) < 4.78 is 7.52. The molecule has 0 amide bonds. The number of ether oxygens (including phenoxy) is 1. The molecule has 5 nitrogen and oxygen atoms in total. The van der Waals surface area contributed by atoms with Crippen molar-refractivity contribution in [2.45, 2.75) is 83.5 Å². The Kier molecular flexibility index (Phi) is 5.13. The van der Waals surface area contributed by atoms with Crippen molar-refractivity contribution in [2.24, 2.45) is 40.9 Å². The Labute approximate surface area is 180 Å². The number of ketones is 1. The molecule has 0 spiro atoms. The number of carbonyl (C=O) groups is 1. The smallest absolute Gasteiger partial charge is 0.157 e. The van der Waals surface area contributed by atoms with Crippen LogP contribution in [0, 0.1) is 40.9 Å². The van der Waals surface area contributed by atoms with Gasteiger partial charge in [0.05, 0.1) is 18.2 Å². The number of aromatic nitrogens is 2. The minimum absolute atomic E-state index is 0.0437. The van der Waals surface area contributed by atoms with Crippen molar-refractivity contribution in [1.29, 1.82) is 0 Å². The van der Waals surface area contributed by atoms with E-state index < -0.39 is 5.60 Å². The average Bonchev–Trinajstić information content (AvgIpc) is 3.33. The topological polar surface area (TPSA) is 64.4 Å². The van der Waals surface area contributed by atoms with Crippen molar-refractivity contribution in [1.82, 2.24) is 9.78 Å². The van der Waals surface area contributed by atoms with Gasteiger partial charge in [-0.1, -0.05) is 6.92 Å². The van der Waals surface area contributed by atoms with Crippen molar-refractivity contribution < 1.29 is 14.6 Å². The van der Waals surface area contributed by atoms with E-state index in [9.17, 15) is 9.90 Å². The van der Waals surface area contributed by atoms with Gasteiger partial charge in [0.25, 0.3) is 0 Å². The summed E-state index contributed by atoms with van der Waals surface area (Å²) in [5.74, 6) is 4.04. The number of aliphatic hydroxyl groups is 1. The first-order chi connectivity index (χ1) is 14.3. The van der Waals surface area contributed by atoms with Gasteiger partial charge >= 0.3 is 0 Å². The third-order valence-corrected chi connectivity index (χ3v) is 9.92. The second kappa shape index (κ2) is 7.44. The molecule has 166 valence electrons. The number of rotatable bonds is 4. The lowest BCUT2D eigenvalue weighted by Crippen LogP contribution is -2.55. The standard InChI is InChI=1S/C25H38N2O3/c1-24-10-9-17-18(6-5-16-14-25(2,29)23(30-3)13-19(16)17)20(24)7-8-21(24)22(28)15-27-12-4-11-26-27/h4,11-12,16-21,23,29H,5-10,13-15H2,1-3H3/t16-,17-,18+,19-,20-,21+,23-,24-,25-/m0/s1. The highest BCUT2D eigenvalue weighted by molar-refractivity contribution is 5.82. The van der Waals surface area contributed by atoms with Crippen LogP contribution in [-0.2, 0) is 16.1 Å². The molecule has 0 saturated heterocycles. The van der Waals surface area contributed by atoms with Gasteiger partial charge in [-0.2, -0.15) is 5.10 Å². The van der Waals surface area contributed by atoms with Crippen molar-refractivity contribution in [3.63, 3.8) is 0 Å². The Morgan fingerprint density at radius 2 is 2.00 bits per heavy atom. The Hall–Kier alpha value is -1.20. The van der Waals surface area contributed by atoms with Crippen molar-refractivity contribution in [3.8, 4) is 0 Å². The number of nitrogens with zero attached hydrogens (tertiary/aromatic N) is 2.